The van der Waals surface area contributed by atoms with Crippen LogP contribution in [0.2, 0.25) is 0 Å². The molecule has 1 amide bonds. The van der Waals surface area contributed by atoms with Gasteiger partial charge in [-0.3, -0.25) is 9.59 Å². The molecule has 1 aromatic carbocycles. The average molecular weight is 326 g/mol. The van der Waals surface area contributed by atoms with Gasteiger partial charge in [-0.15, -0.1) is 0 Å². The number of amides is 1. The minimum Gasteiger partial charge on any atom is -0.481 e. The Morgan fingerprint density at radius 2 is 2.16 bits per heavy atom. The van der Waals surface area contributed by atoms with Gasteiger partial charge in [0.2, 0.25) is 5.91 Å². The highest BCUT2D eigenvalue weighted by Gasteiger charge is 2.18. The van der Waals surface area contributed by atoms with E-state index < -0.39 is 12.0 Å². The predicted molar refractivity (Wildman–Crippen MR) is 76.7 cm³/mol. The van der Waals surface area contributed by atoms with Crippen LogP contribution in [-0.4, -0.2) is 17.0 Å². The van der Waals surface area contributed by atoms with Crippen LogP contribution in [0, 0.1) is 0 Å². The topological polar surface area (TPSA) is 66.4 Å². The first-order valence-electron chi connectivity index (χ1n) is 5.85. The molecule has 19 heavy (non-hydrogen) atoms. The van der Waals surface area contributed by atoms with E-state index in [4.69, 9.17) is 5.11 Å². The average Bonchev–Trinajstić information content (AvgIpc) is 2.36. The number of hydrogen-bond acceptors (Lipinski definition) is 2. The number of carboxylic acids is 1. The molecule has 0 aliphatic rings. The number of halogens is 1. The molecule has 5 heteroatoms. The first-order chi connectivity index (χ1) is 8.93. The number of benzene rings is 1. The van der Waals surface area contributed by atoms with Crippen LogP contribution in [0.15, 0.2) is 40.4 Å². The number of nitrogens with one attached hydrogen (secondary N) is 1. The van der Waals surface area contributed by atoms with Crippen LogP contribution in [0.25, 0.3) is 0 Å². The Morgan fingerprint density at radius 1 is 1.47 bits per heavy atom. The number of carboxylic acid groups (broad SMARTS) is 1. The Balaban J connectivity index is 2.95. The van der Waals surface area contributed by atoms with Gasteiger partial charge in [-0.2, -0.15) is 0 Å². The predicted octanol–water partition coefficient (Wildman–Crippen LogP) is 3.05. The lowest BCUT2D eigenvalue weighted by molar-refractivity contribution is -0.137. The minimum atomic E-state index is -0.955. The van der Waals surface area contributed by atoms with Crippen LogP contribution in [0.5, 0.6) is 0 Å². The number of aliphatic carboxylic acids is 1. The van der Waals surface area contributed by atoms with E-state index in [-0.39, 0.29) is 12.3 Å². The van der Waals surface area contributed by atoms with Crippen LogP contribution in [0.1, 0.15) is 31.9 Å². The van der Waals surface area contributed by atoms with Crippen molar-refractivity contribution in [3.05, 3.63) is 46.0 Å². The smallest absolute Gasteiger partial charge is 0.305 e. The maximum atomic E-state index is 11.8. The Kier molecular flexibility index (Phi) is 5.76. The van der Waals surface area contributed by atoms with Gasteiger partial charge in [0.05, 0.1) is 12.5 Å². The van der Waals surface area contributed by atoms with Gasteiger partial charge in [0, 0.05) is 10.0 Å². The summed E-state index contributed by atoms with van der Waals surface area (Å²) in [7, 11) is 0. The third-order valence-corrected chi connectivity index (χ3v) is 3.22. The van der Waals surface area contributed by atoms with Crippen molar-refractivity contribution in [2.24, 2.45) is 0 Å². The summed E-state index contributed by atoms with van der Waals surface area (Å²) in [5.41, 5.74) is 1.32. The molecule has 0 aliphatic carbocycles. The molecule has 0 aromatic heterocycles. The van der Waals surface area contributed by atoms with Gasteiger partial charge < -0.3 is 10.4 Å². The van der Waals surface area contributed by atoms with Crippen LogP contribution < -0.4 is 5.32 Å². The third kappa shape index (κ3) is 4.87. The van der Waals surface area contributed by atoms with Crippen molar-refractivity contribution >= 4 is 27.8 Å². The van der Waals surface area contributed by atoms with Crippen LogP contribution in [0.3, 0.4) is 0 Å². The van der Waals surface area contributed by atoms with E-state index in [1.165, 1.54) is 0 Å². The SMILES string of the molecule is CC=C(C)C(=O)NC(CC(=O)O)c1cccc(Br)c1. The van der Waals surface area contributed by atoms with E-state index in [9.17, 15) is 9.59 Å². The van der Waals surface area contributed by atoms with Gasteiger partial charge in [0.1, 0.15) is 0 Å². The second kappa shape index (κ2) is 7.09. The fraction of sp³-hybridized carbons (Fsp3) is 0.286. The first-order valence-corrected chi connectivity index (χ1v) is 6.64. The van der Waals surface area contributed by atoms with Crippen molar-refractivity contribution in [2.75, 3.05) is 0 Å². The Labute approximate surface area is 120 Å². The van der Waals surface area contributed by atoms with E-state index >= 15 is 0 Å². The quantitative estimate of drug-likeness (QED) is 0.817. The maximum Gasteiger partial charge on any atom is 0.305 e. The highest BCUT2D eigenvalue weighted by molar-refractivity contribution is 9.10. The van der Waals surface area contributed by atoms with Gasteiger partial charge in [-0.1, -0.05) is 34.1 Å². The van der Waals surface area contributed by atoms with Crippen molar-refractivity contribution in [1.82, 2.24) is 5.32 Å². The number of carbonyl (C=O) groups is 2. The molecule has 1 aromatic rings. The Hall–Kier alpha value is -1.62. The zero-order valence-corrected chi connectivity index (χ0v) is 12.4. The normalized spacial score (nSPS) is 12.9. The van der Waals surface area contributed by atoms with E-state index in [1.54, 1.807) is 32.1 Å². The van der Waals surface area contributed by atoms with E-state index in [0.29, 0.717) is 5.57 Å². The van der Waals surface area contributed by atoms with Crippen molar-refractivity contribution in [1.29, 1.82) is 0 Å². The van der Waals surface area contributed by atoms with Gasteiger partial charge in [0.15, 0.2) is 0 Å². The zero-order chi connectivity index (χ0) is 14.4. The molecule has 0 aliphatic heterocycles. The summed E-state index contributed by atoms with van der Waals surface area (Å²) in [6, 6.07) is 6.71. The molecule has 0 heterocycles. The van der Waals surface area contributed by atoms with Gasteiger partial charge in [-0.25, -0.2) is 0 Å². The summed E-state index contributed by atoms with van der Waals surface area (Å²) < 4.78 is 0.845. The second-order valence-electron chi connectivity index (χ2n) is 4.15. The lowest BCUT2D eigenvalue weighted by Gasteiger charge is -2.18. The largest absolute Gasteiger partial charge is 0.481 e. The summed E-state index contributed by atoms with van der Waals surface area (Å²) in [5.74, 6) is -1.21. The summed E-state index contributed by atoms with van der Waals surface area (Å²) >= 11 is 3.33. The van der Waals surface area contributed by atoms with Gasteiger partial charge >= 0.3 is 5.97 Å². The third-order valence-electron chi connectivity index (χ3n) is 2.73. The minimum absolute atomic E-state index is 0.154. The molecule has 2 N–H and O–H groups in total. The lowest BCUT2D eigenvalue weighted by atomic mass is 10.0. The molecule has 0 saturated heterocycles. The van der Waals surface area contributed by atoms with E-state index in [2.05, 4.69) is 21.2 Å². The number of hydrogen-bond donors (Lipinski definition) is 2. The van der Waals surface area contributed by atoms with E-state index in [0.717, 1.165) is 10.0 Å². The molecule has 0 spiro atoms. The molecular weight excluding hydrogens is 310 g/mol. The molecule has 1 atom stereocenters. The van der Waals surface area contributed by atoms with Crippen molar-refractivity contribution in [3.8, 4) is 0 Å². The molecule has 1 unspecified atom stereocenters. The molecule has 0 fully saturated rings. The summed E-state index contributed by atoms with van der Waals surface area (Å²) in [5, 5.41) is 11.7. The van der Waals surface area contributed by atoms with Crippen LogP contribution in [0.4, 0.5) is 0 Å². The lowest BCUT2D eigenvalue weighted by Crippen LogP contribution is -2.30. The van der Waals surface area contributed by atoms with E-state index in [1.807, 2.05) is 12.1 Å². The number of allylic oxidation sites excluding steroid dienone is 1. The highest BCUT2D eigenvalue weighted by atomic mass is 79.9. The standard InChI is InChI=1S/C14H16BrNO3/c1-3-9(2)14(19)16-12(8-13(17)18)10-5-4-6-11(15)7-10/h3-7,12H,8H2,1-2H3,(H,16,19)(H,17,18). The zero-order valence-electron chi connectivity index (χ0n) is 10.8. The Bertz CT molecular complexity index is 511. The second-order valence-corrected chi connectivity index (χ2v) is 5.07. The van der Waals surface area contributed by atoms with Gasteiger partial charge in [-0.05, 0) is 31.5 Å². The summed E-state index contributed by atoms with van der Waals surface area (Å²) in [4.78, 5) is 22.8. The summed E-state index contributed by atoms with van der Waals surface area (Å²) in [6.07, 6.45) is 1.53. The first kappa shape index (κ1) is 15.4. The number of carbonyl (C=O) groups excluding carboxylic acids is 1. The molecule has 4 nitrogen and oxygen atoms in total. The molecule has 0 saturated carbocycles. The van der Waals surface area contributed by atoms with Crippen molar-refractivity contribution in [3.63, 3.8) is 0 Å². The monoisotopic (exact) mass is 325 g/mol. The van der Waals surface area contributed by atoms with Crippen LogP contribution in [-0.2, 0) is 9.59 Å². The number of rotatable bonds is 5. The van der Waals surface area contributed by atoms with Crippen molar-refractivity contribution in [2.45, 2.75) is 26.3 Å². The van der Waals surface area contributed by atoms with Crippen molar-refractivity contribution < 1.29 is 14.7 Å². The highest BCUT2D eigenvalue weighted by Crippen LogP contribution is 2.21. The summed E-state index contributed by atoms with van der Waals surface area (Å²) in [6.45, 7) is 3.45. The van der Waals surface area contributed by atoms with Crippen LogP contribution >= 0.6 is 15.9 Å². The molecule has 102 valence electrons. The molecule has 1 rings (SSSR count). The fourth-order valence-electron chi connectivity index (χ4n) is 1.55. The Morgan fingerprint density at radius 3 is 2.68 bits per heavy atom. The molecule has 0 bridgehead atoms. The molecular formula is C14H16BrNO3. The fourth-order valence-corrected chi connectivity index (χ4v) is 1.97. The van der Waals surface area contributed by atoms with Gasteiger partial charge in [0.25, 0.3) is 0 Å². The molecule has 0 radical (unpaired) electrons. The maximum absolute atomic E-state index is 11.8.